The fraction of sp³-hybridized carbons (Fsp3) is 0.393. The van der Waals surface area contributed by atoms with Gasteiger partial charge < -0.3 is 9.64 Å². The summed E-state index contributed by atoms with van der Waals surface area (Å²) in [5.41, 5.74) is 3.83. The summed E-state index contributed by atoms with van der Waals surface area (Å²) in [6.45, 7) is 8.83. The summed E-state index contributed by atoms with van der Waals surface area (Å²) < 4.78 is 35.7. The third kappa shape index (κ3) is 5.05. The molecule has 37 heavy (non-hydrogen) atoms. The quantitative estimate of drug-likeness (QED) is 0.523. The monoisotopic (exact) mass is 520 g/mol. The van der Waals surface area contributed by atoms with Crippen LogP contribution in [0, 0.1) is 19.8 Å². The van der Waals surface area contributed by atoms with Gasteiger partial charge in [0.05, 0.1) is 16.6 Å². The molecule has 9 heteroatoms. The molecule has 2 aromatic carbocycles. The minimum absolute atomic E-state index is 0.0184. The van der Waals surface area contributed by atoms with Crippen molar-refractivity contribution in [2.24, 2.45) is 5.92 Å². The maximum absolute atomic E-state index is 13.7. The Balaban J connectivity index is 1.71. The molecule has 2 aliphatic rings. The Labute approximate surface area is 218 Å². The first-order chi connectivity index (χ1) is 17.6. The molecule has 5 rings (SSSR count). The number of aromatic nitrogens is 2. The van der Waals surface area contributed by atoms with Crippen molar-refractivity contribution in [3.63, 3.8) is 0 Å². The normalized spacial score (nSPS) is 20.8. The van der Waals surface area contributed by atoms with E-state index in [1.165, 1.54) is 12.1 Å². The van der Waals surface area contributed by atoms with Gasteiger partial charge in [-0.25, -0.2) is 18.1 Å². The Morgan fingerprint density at radius 1 is 1.08 bits per heavy atom. The number of nitrogens with one attached hydrogen (secondary N) is 1. The van der Waals surface area contributed by atoms with Crippen LogP contribution < -0.4 is 9.46 Å². The van der Waals surface area contributed by atoms with Gasteiger partial charge in [-0.1, -0.05) is 38.1 Å². The fourth-order valence-corrected chi connectivity index (χ4v) is 6.34. The molecule has 194 valence electrons. The molecule has 2 aliphatic heterocycles. The zero-order valence-corrected chi connectivity index (χ0v) is 22.4. The van der Waals surface area contributed by atoms with Crippen LogP contribution in [0.4, 0.5) is 5.95 Å². The van der Waals surface area contributed by atoms with E-state index in [1.807, 2.05) is 36.9 Å². The van der Waals surface area contributed by atoms with Crippen molar-refractivity contribution >= 4 is 21.9 Å². The van der Waals surface area contributed by atoms with Crippen LogP contribution in [0.15, 0.2) is 53.4 Å². The molecule has 8 nitrogen and oxygen atoms in total. The highest BCUT2D eigenvalue weighted by Crippen LogP contribution is 2.33. The van der Waals surface area contributed by atoms with Gasteiger partial charge in [0.25, 0.3) is 15.9 Å². The van der Waals surface area contributed by atoms with Crippen molar-refractivity contribution in [3.8, 4) is 17.1 Å². The first-order valence-corrected chi connectivity index (χ1v) is 14.2. The van der Waals surface area contributed by atoms with Crippen LogP contribution >= 0.6 is 0 Å². The van der Waals surface area contributed by atoms with E-state index in [4.69, 9.17) is 4.74 Å². The van der Waals surface area contributed by atoms with Gasteiger partial charge in [0.15, 0.2) is 0 Å². The van der Waals surface area contributed by atoms with Crippen molar-refractivity contribution in [1.29, 1.82) is 0 Å². The highest BCUT2D eigenvalue weighted by molar-refractivity contribution is 7.92. The molecule has 0 saturated carbocycles. The molecule has 6 bridgehead atoms. The lowest BCUT2D eigenvalue weighted by Crippen LogP contribution is -2.53. The maximum Gasteiger partial charge on any atom is 0.264 e. The topological polar surface area (TPSA) is 101 Å². The standard InChI is InChI=1S/C28H32N4O4S/c1-17(2)14-23-24-12-7-13-32(23)27(33)20-10-6-11-21(15-20)37(34,35)31-28-29-22(16-25(30-28)36-24)26-18(3)8-5-9-19(26)4/h5-6,8-11,15-17,23-24H,7,12-14H2,1-4H3,(H,29,30,31). The first kappa shape index (κ1) is 25.2. The number of carbonyl (C=O) groups is 1. The molecule has 1 amide bonds. The number of amides is 1. The lowest BCUT2D eigenvalue weighted by molar-refractivity contribution is 0.0140. The molecule has 1 N–H and O–H groups in total. The largest absolute Gasteiger partial charge is 0.472 e. The molecule has 1 saturated heterocycles. The van der Waals surface area contributed by atoms with Crippen LogP contribution in [-0.2, 0) is 10.0 Å². The Morgan fingerprint density at radius 3 is 2.54 bits per heavy atom. The summed E-state index contributed by atoms with van der Waals surface area (Å²) in [6.07, 6.45) is 2.02. The van der Waals surface area contributed by atoms with Gasteiger partial charge in [0, 0.05) is 23.7 Å². The van der Waals surface area contributed by atoms with Gasteiger partial charge in [-0.3, -0.25) is 4.79 Å². The van der Waals surface area contributed by atoms with Crippen LogP contribution in [-0.4, -0.2) is 47.9 Å². The zero-order chi connectivity index (χ0) is 26.3. The highest BCUT2D eigenvalue weighted by Gasteiger charge is 2.37. The third-order valence-corrected chi connectivity index (χ3v) is 8.35. The number of hydrogen-bond acceptors (Lipinski definition) is 6. The fourth-order valence-electron chi connectivity index (χ4n) is 5.35. The highest BCUT2D eigenvalue weighted by atomic mass is 32.2. The molecule has 0 radical (unpaired) electrons. The number of benzene rings is 2. The number of ether oxygens (including phenoxy) is 1. The van der Waals surface area contributed by atoms with Gasteiger partial charge in [-0.15, -0.1) is 0 Å². The summed E-state index contributed by atoms with van der Waals surface area (Å²) in [5, 5.41) is 0. The average Bonchev–Trinajstić information content (AvgIpc) is 2.83. The van der Waals surface area contributed by atoms with Gasteiger partial charge in [-0.05, 0) is 68.4 Å². The van der Waals surface area contributed by atoms with E-state index in [0.29, 0.717) is 23.7 Å². The lowest BCUT2D eigenvalue weighted by Gasteiger charge is -2.42. The van der Waals surface area contributed by atoms with Crippen molar-refractivity contribution < 1.29 is 17.9 Å². The predicted octanol–water partition coefficient (Wildman–Crippen LogP) is 4.97. The molecule has 3 aromatic rings. The zero-order valence-electron chi connectivity index (χ0n) is 21.6. The number of rotatable bonds is 3. The van der Waals surface area contributed by atoms with Gasteiger partial charge in [-0.2, -0.15) is 4.98 Å². The molecule has 2 unspecified atom stereocenters. The molecular formula is C28H32N4O4S. The molecule has 0 aliphatic carbocycles. The third-order valence-electron chi connectivity index (χ3n) is 7.02. The number of anilines is 1. The lowest BCUT2D eigenvalue weighted by atomic mass is 9.90. The van der Waals surface area contributed by atoms with E-state index in [2.05, 4.69) is 28.5 Å². The summed E-state index contributed by atoms with van der Waals surface area (Å²) in [6, 6.07) is 13.7. The molecule has 1 aromatic heterocycles. The van der Waals surface area contributed by atoms with Gasteiger partial charge in [0.1, 0.15) is 6.10 Å². The number of hydrogen-bond donors (Lipinski definition) is 1. The molecule has 2 atom stereocenters. The molecule has 1 fully saturated rings. The summed E-state index contributed by atoms with van der Waals surface area (Å²) in [4.78, 5) is 24.5. The van der Waals surface area contributed by atoms with E-state index in [9.17, 15) is 13.2 Å². The number of nitrogens with zero attached hydrogens (tertiary/aromatic N) is 3. The predicted molar refractivity (Wildman–Crippen MR) is 142 cm³/mol. The van der Waals surface area contributed by atoms with Gasteiger partial charge in [0.2, 0.25) is 11.8 Å². The Morgan fingerprint density at radius 2 is 1.81 bits per heavy atom. The first-order valence-electron chi connectivity index (χ1n) is 12.7. The van der Waals surface area contributed by atoms with Crippen LogP contribution in [0.25, 0.3) is 11.3 Å². The Hall–Kier alpha value is -3.46. The number of piperidine rings is 1. The van der Waals surface area contributed by atoms with Crippen molar-refractivity contribution in [2.45, 2.75) is 64.0 Å². The van der Waals surface area contributed by atoms with Crippen molar-refractivity contribution in [1.82, 2.24) is 14.9 Å². The molecule has 0 spiro atoms. The van der Waals surface area contributed by atoms with E-state index in [1.54, 1.807) is 18.2 Å². The number of fused-ring (bicyclic) bond motifs is 6. The van der Waals surface area contributed by atoms with E-state index >= 15 is 0 Å². The number of aryl methyl sites for hydroxylation is 2. The minimum atomic E-state index is -4.06. The summed E-state index contributed by atoms with van der Waals surface area (Å²) >= 11 is 0. The molecule has 3 heterocycles. The van der Waals surface area contributed by atoms with E-state index in [-0.39, 0.29) is 34.8 Å². The van der Waals surface area contributed by atoms with E-state index in [0.717, 1.165) is 36.0 Å². The average molecular weight is 521 g/mol. The van der Waals surface area contributed by atoms with Crippen molar-refractivity contribution in [2.75, 3.05) is 11.3 Å². The minimum Gasteiger partial charge on any atom is -0.472 e. The maximum atomic E-state index is 13.7. The van der Waals surface area contributed by atoms with E-state index < -0.39 is 10.0 Å². The second-order valence-corrected chi connectivity index (χ2v) is 12.0. The van der Waals surface area contributed by atoms with Gasteiger partial charge >= 0.3 is 0 Å². The second-order valence-electron chi connectivity index (χ2n) is 10.3. The molecular weight excluding hydrogens is 488 g/mol. The van der Waals surface area contributed by atoms with Crippen LogP contribution in [0.1, 0.15) is 54.6 Å². The number of sulfonamides is 1. The van der Waals surface area contributed by atoms with Crippen LogP contribution in [0.3, 0.4) is 0 Å². The summed E-state index contributed by atoms with van der Waals surface area (Å²) in [5.74, 6) is 0.354. The summed E-state index contributed by atoms with van der Waals surface area (Å²) in [7, 11) is -4.06. The van der Waals surface area contributed by atoms with Crippen molar-refractivity contribution in [3.05, 3.63) is 65.2 Å². The number of carbonyl (C=O) groups excluding carboxylic acids is 1. The Kier molecular flexibility index (Phi) is 6.66. The van der Waals surface area contributed by atoms with Crippen LogP contribution in [0.2, 0.25) is 0 Å². The SMILES string of the molecule is Cc1cccc(C)c1-c1cc2nc(n1)NS(=O)(=O)c1cccc(c1)C(=O)N1CCCC(O2)C1CC(C)C. The second kappa shape index (κ2) is 9.78. The van der Waals surface area contributed by atoms with Crippen LogP contribution in [0.5, 0.6) is 5.88 Å². The smallest absolute Gasteiger partial charge is 0.264 e. The Bertz CT molecular complexity index is 1430.